The maximum absolute atomic E-state index is 13.5. The number of carbonyl (C=O) groups is 2. The van der Waals surface area contributed by atoms with Gasteiger partial charge in [-0.1, -0.05) is 19.6 Å². The summed E-state index contributed by atoms with van der Waals surface area (Å²) in [5.74, 6) is -0.769. The topological polar surface area (TPSA) is 125 Å². The maximum Gasteiger partial charge on any atom is 0.387 e. The fraction of sp³-hybridized carbons (Fsp3) is 0.320. The van der Waals surface area contributed by atoms with Crippen LogP contribution in [0, 0.1) is 0 Å². The van der Waals surface area contributed by atoms with Crippen molar-refractivity contribution in [3.05, 3.63) is 48.5 Å². The second kappa shape index (κ2) is 11.3. The number of hydrogen-bond donors (Lipinski definition) is 2. The predicted molar refractivity (Wildman–Crippen MR) is 149 cm³/mol. The van der Waals surface area contributed by atoms with E-state index in [4.69, 9.17) is 9.47 Å². The van der Waals surface area contributed by atoms with Gasteiger partial charge in [-0.3, -0.25) is 9.59 Å². The van der Waals surface area contributed by atoms with Crippen molar-refractivity contribution in [2.45, 2.75) is 43.9 Å². The Hall–Kier alpha value is -3.82. The van der Waals surface area contributed by atoms with Crippen molar-refractivity contribution in [1.82, 2.24) is 24.4 Å². The highest BCUT2D eigenvalue weighted by molar-refractivity contribution is 8.00. The van der Waals surface area contributed by atoms with E-state index < -0.39 is 20.6 Å². The largest absolute Gasteiger partial charge is 0.434 e. The number of ether oxygens (including phenoxy) is 2. The molecule has 0 saturated carbocycles. The van der Waals surface area contributed by atoms with E-state index in [1.807, 2.05) is 0 Å². The van der Waals surface area contributed by atoms with E-state index in [2.05, 4.69) is 45.5 Å². The highest BCUT2D eigenvalue weighted by atomic mass is 32.2. The van der Waals surface area contributed by atoms with Crippen LogP contribution in [0.25, 0.3) is 16.9 Å². The number of nitrogens with one attached hydrogen (secondary N) is 2. The Morgan fingerprint density at radius 1 is 1.25 bits per heavy atom. The van der Waals surface area contributed by atoms with Crippen LogP contribution in [-0.4, -0.2) is 63.2 Å². The molecule has 0 radical (unpaired) electrons. The van der Waals surface area contributed by atoms with E-state index in [-0.39, 0.29) is 41.0 Å². The molecular weight excluding hydrogens is 560 g/mol. The molecular formula is C25H27F2N7O4SSi. The monoisotopic (exact) mass is 587 g/mol. The lowest BCUT2D eigenvalue weighted by Crippen LogP contribution is -2.22. The number of halogens is 2. The molecule has 0 fully saturated rings. The second-order valence-corrected chi connectivity index (χ2v) is 16.9. The summed E-state index contributed by atoms with van der Waals surface area (Å²) in [6, 6.07) is 5.60. The molecule has 0 bridgehead atoms. The van der Waals surface area contributed by atoms with Gasteiger partial charge in [-0.2, -0.15) is 19.0 Å². The first-order chi connectivity index (χ1) is 19.1. The first kappa shape index (κ1) is 27.7. The number of thioether (sulfide) groups is 1. The van der Waals surface area contributed by atoms with Crippen molar-refractivity contribution < 1.29 is 27.8 Å². The standard InChI is InChI=1S/C25H27F2N7O4SSi/c1-40(2,3)8-7-37-14-34-22(15-9-20-17(31-21(35)13-39-20)10-19(15)38-25(26)27)18(12-30-34)32-24(36)16-11-29-33-6-4-5-28-23(16)33/h4-6,9-12,25H,7-8,13-14H2,1-3H3,(H,31,35)(H,32,36). The quantitative estimate of drug-likeness (QED) is 0.200. The molecule has 2 N–H and O–H groups in total. The van der Waals surface area contributed by atoms with E-state index >= 15 is 0 Å². The van der Waals surface area contributed by atoms with Gasteiger partial charge in [-0.15, -0.1) is 11.8 Å². The fourth-order valence-corrected chi connectivity index (χ4v) is 5.63. The first-order valence-electron chi connectivity index (χ1n) is 12.4. The molecule has 11 nitrogen and oxygen atoms in total. The number of nitrogens with zero attached hydrogens (tertiary/aromatic N) is 5. The molecule has 1 aromatic carbocycles. The molecule has 3 aromatic heterocycles. The number of carbonyl (C=O) groups excluding carboxylic acids is 2. The van der Waals surface area contributed by atoms with Crippen molar-refractivity contribution in [1.29, 1.82) is 0 Å². The summed E-state index contributed by atoms with van der Waals surface area (Å²) in [7, 11) is -1.36. The van der Waals surface area contributed by atoms with Crippen LogP contribution in [0.3, 0.4) is 0 Å². The van der Waals surface area contributed by atoms with Gasteiger partial charge < -0.3 is 20.1 Å². The number of aromatic nitrogens is 5. The highest BCUT2D eigenvalue weighted by Crippen LogP contribution is 2.44. The van der Waals surface area contributed by atoms with Gasteiger partial charge in [0.1, 0.15) is 18.0 Å². The van der Waals surface area contributed by atoms with Crippen LogP contribution in [0.5, 0.6) is 5.75 Å². The Morgan fingerprint density at radius 2 is 2.08 bits per heavy atom. The third-order valence-corrected chi connectivity index (χ3v) is 8.77. The molecule has 0 unspecified atom stereocenters. The molecule has 5 rings (SSSR count). The lowest BCUT2D eigenvalue weighted by atomic mass is 10.1. The van der Waals surface area contributed by atoms with E-state index in [0.29, 0.717) is 28.5 Å². The maximum atomic E-state index is 13.5. The smallest absolute Gasteiger partial charge is 0.387 e. The Bertz CT molecular complexity index is 1570. The second-order valence-electron chi connectivity index (χ2n) is 10.2. The summed E-state index contributed by atoms with van der Waals surface area (Å²) in [5, 5.41) is 14.1. The minimum atomic E-state index is -3.13. The summed E-state index contributed by atoms with van der Waals surface area (Å²) in [6.07, 6.45) is 6.03. The molecule has 0 aliphatic carbocycles. The van der Waals surface area contributed by atoms with Crippen LogP contribution >= 0.6 is 11.8 Å². The van der Waals surface area contributed by atoms with Crippen LogP contribution in [0.2, 0.25) is 25.7 Å². The summed E-state index contributed by atoms with van der Waals surface area (Å²) < 4.78 is 40.8. The number of amides is 2. The SMILES string of the molecule is C[Si](C)(C)CCOCn1ncc(NC(=O)c2cnn3cccnc23)c1-c1cc2c(cc1OC(F)F)NC(=O)CS2. The number of alkyl halides is 2. The third-order valence-electron chi connectivity index (χ3n) is 6.01. The lowest BCUT2D eigenvalue weighted by molar-refractivity contribution is -0.113. The van der Waals surface area contributed by atoms with Gasteiger partial charge >= 0.3 is 6.61 Å². The van der Waals surface area contributed by atoms with E-state index in [1.165, 1.54) is 39.4 Å². The Morgan fingerprint density at radius 3 is 2.85 bits per heavy atom. The minimum absolute atomic E-state index is 0.0169. The molecule has 1 aliphatic rings. The summed E-state index contributed by atoms with van der Waals surface area (Å²) >= 11 is 1.27. The number of hydrogen-bond acceptors (Lipinski definition) is 8. The fourth-order valence-electron chi connectivity index (χ4n) is 4.05. The van der Waals surface area contributed by atoms with Gasteiger partial charge in [0.15, 0.2) is 5.65 Å². The molecule has 4 heterocycles. The zero-order chi connectivity index (χ0) is 28.4. The normalized spacial score (nSPS) is 13.4. The van der Waals surface area contributed by atoms with Crippen LogP contribution < -0.4 is 15.4 Å². The molecule has 0 saturated heterocycles. The van der Waals surface area contributed by atoms with Gasteiger partial charge in [0.2, 0.25) is 5.91 Å². The summed E-state index contributed by atoms with van der Waals surface area (Å²) in [4.78, 5) is 30.1. The van der Waals surface area contributed by atoms with Crippen LogP contribution in [0.15, 0.2) is 47.9 Å². The molecule has 0 atom stereocenters. The zero-order valence-electron chi connectivity index (χ0n) is 22.0. The predicted octanol–water partition coefficient (Wildman–Crippen LogP) is 4.80. The van der Waals surface area contributed by atoms with Gasteiger partial charge in [-0.25, -0.2) is 14.2 Å². The third kappa shape index (κ3) is 6.16. The Kier molecular flexibility index (Phi) is 7.87. The van der Waals surface area contributed by atoms with Gasteiger partial charge in [0, 0.05) is 43.6 Å². The van der Waals surface area contributed by atoms with E-state index in [9.17, 15) is 18.4 Å². The van der Waals surface area contributed by atoms with Gasteiger partial charge in [0.05, 0.1) is 35.2 Å². The zero-order valence-corrected chi connectivity index (χ0v) is 23.8. The van der Waals surface area contributed by atoms with E-state index in [1.54, 1.807) is 24.5 Å². The summed E-state index contributed by atoms with van der Waals surface area (Å²) in [5.41, 5.74) is 1.74. The van der Waals surface area contributed by atoms with Crippen molar-refractivity contribution in [2.75, 3.05) is 23.0 Å². The lowest BCUT2D eigenvalue weighted by Gasteiger charge is -2.21. The number of anilines is 2. The highest BCUT2D eigenvalue weighted by Gasteiger charge is 2.26. The molecule has 210 valence electrons. The van der Waals surface area contributed by atoms with E-state index in [0.717, 1.165) is 6.04 Å². The molecule has 4 aromatic rings. The number of benzene rings is 1. The van der Waals surface area contributed by atoms with Gasteiger partial charge in [-0.05, 0) is 18.2 Å². The Labute approximate surface area is 233 Å². The number of rotatable bonds is 10. The van der Waals surface area contributed by atoms with Gasteiger partial charge in [0.25, 0.3) is 5.91 Å². The van der Waals surface area contributed by atoms with Crippen molar-refractivity contribution >= 4 is 48.7 Å². The molecule has 1 aliphatic heterocycles. The number of fused-ring (bicyclic) bond motifs is 2. The minimum Gasteiger partial charge on any atom is -0.434 e. The molecule has 15 heteroatoms. The van der Waals surface area contributed by atoms with Crippen molar-refractivity contribution in [3.8, 4) is 17.0 Å². The Balaban J connectivity index is 1.55. The molecule has 2 amide bonds. The molecule has 40 heavy (non-hydrogen) atoms. The van der Waals surface area contributed by atoms with Crippen LogP contribution in [0.4, 0.5) is 20.2 Å². The molecule has 0 spiro atoms. The average Bonchev–Trinajstić information content (AvgIpc) is 3.49. The first-order valence-corrected chi connectivity index (χ1v) is 17.1. The van der Waals surface area contributed by atoms with Crippen LogP contribution in [-0.2, 0) is 16.3 Å². The average molecular weight is 588 g/mol. The van der Waals surface area contributed by atoms with Crippen molar-refractivity contribution in [3.63, 3.8) is 0 Å². The summed E-state index contributed by atoms with van der Waals surface area (Å²) in [6.45, 7) is 4.08. The van der Waals surface area contributed by atoms with Crippen molar-refractivity contribution in [2.24, 2.45) is 0 Å². The van der Waals surface area contributed by atoms with Crippen LogP contribution in [0.1, 0.15) is 10.4 Å².